The second-order valence-electron chi connectivity index (χ2n) is 5.61. The van der Waals surface area contributed by atoms with Crippen molar-refractivity contribution in [2.75, 3.05) is 0 Å². The highest BCUT2D eigenvalue weighted by molar-refractivity contribution is 7.80. The van der Waals surface area contributed by atoms with E-state index in [0.717, 1.165) is 29.9 Å². The normalized spacial score (nSPS) is 16.3. The van der Waals surface area contributed by atoms with Crippen molar-refractivity contribution >= 4 is 29.3 Å². The van der Waals surface area contributed by atoms with Crippen molar-refractivity contribution in [1.29, 1.82) is 0 Å². The molecule has 0 radical (unpaired) electrons. The number of carbonyl (C=O) groups excluding carboxylic acids is 1. The SMILES string of the molecule is CCn1cc(CN2C(=O)/C(=C\c3cn(CC)nc3C)NC2=S)cn1. The van der Waals surface area contributed by atoms with Crippen molar-refractivity contribution < 1.29 is 4.79 Å². The Bertz CT molecular complexity index is 818. The summed E-state index contributed by atoms with van der Waals surface area (Å²) in [6, 6.07) is 0. The minimum Gasteiger partial charge on any atom is -0.328 e. The van der Waals surface area contributed by atoms with Crippen LogP contribution in [0.25, 0.3) is 6.08 Å². The maximum Gasteiger partial charge on any atom is 0.276 e. The zero-order valence-corrected chi connectivity index (χ0v) is 14.8. The summed E-state index contributed by atoms with van der Waals surface area (Å²) in [4.78, 5) is 14.2. The van der Waals surface area contributed by atoms with Crippen LogP contribution in [-0.2, 0) is 24.4 Å². The largest absolute Gasteiger partial charge is 0.328 e. The van der Waals surface area contributed by atoms with Gasteiger partial charge in [-0.25, -0.2) is 0 Å². The van der Waals surface area contributed by atoms with Gasteiger partial charge in [-0.2, -0.15) is 10.2 Å². The molecular formula is C16H20N6OS. The quantitative estimate of drug-likeness (QED) is 0.660. The lowest BCUT2D eigenvalue weighted by atomic mass is 10.2. The molecule has 1 saturated heterocycles. The molecule has 1 aliphatic heterocycles. The van der Waals surface area contributed by atoms with Gasteiger partial charge in [-0.1, -0.05) is 0 Å². The molecule has 0 saturated carbocycles. The number of amides is 1. The van der Waals surface area contributed by atoms with Crippen molar-refractivity contribution in [3.63, 3.8) is 0 Å². The van der Waals surface area contributed by atoms with Crippen LogP contribution in [0.2, 0.25) is 0 Å². The van der Waals surface area contributed by atoms with E-state index < -0.39 is 0 Å². The van der Waals surface area contributed by atoms with Crippen molar-refractivity contribution in [2.24, 2.45) is 0 Å². The van der Waals surface area contributed by atoms with E-state index in [9.17, 15) is 4.79 Å². The van der Waals surface area contributed by atoms with Gasteiger partial charge in [0.05, 0.1) is 18.4 Å². The molecule has 0 aliphatic carbocycles. The van der Waals surface area contributed by atoms with Crippen LogP contribution in [0.1, 0.15) is 30.7 Å². The number of carbonyl (C=O) groups is 1. The summed E-state index contributed by atoms with van der Waals surface area (Å²) in [6.07, 6.45) is 7.41. The molecule has 2 aromatic heterocycles. The van der Waals surface area contributed by atoms with Gasteiger partial charge in [0.15, 0.2) is 5.11 Å². The molecule has 126 valence electrons. The lowest BCUT2D eigenvalue weighted by molar-refractivity contribution is -0.122. The highest BCUT2D eigenvalue weighted by Crippen LogP contribution is 2.18. The van der Waals surface area contributed by atoms with E-state index in [1.54, 1.807) is 17.2 Å². The Morgan fingerprint density at radius 1 is 1.25 bits per heavy atom. The Morgan fingerprint density at radius 3 is 2.62 bits per heavy atom. The van der Waals surface area contributed by atoms with Gasteiger partial charge in [0, 0.05) is 36.6 Å². The lowest BCUT2D eigenvalue weighted by Crippen LogP contribution is -2.29. The van der Waals surface area contributed by atoms with E-state index in [1.165, 1.54) is 0 Å². The van der Waals surface area contributed by atoms with Crippen molar-refractivity contribution in [1.82, 2.24) is 29.8 Å². The number of aryl methyl sites for hydroxylation is 3. The molecule has 0 unspecified atom stereocenters. The molecule has 3 rings (SSSR count). The molecule has 1 N–H and O–H groups in total. The first kappa shape index (κ1) is 16.4. The molecule has 1 fully saturated rings. The Hall–Kier alpha value is -2.48. The van der Waals surface area contributed by atoms with E-state index in [4.69, 9.17) is 12.2 Å². The molecule has 0 spiro atoms. The maximum atomic E-state index is 12.6. The smallest absolute Gasteiger partial charge is 0.276 e. The molecule has 8 heteroatoms. The summed E-state index contributed by atoms with van der Waals surface area (Å²) in [6.45, 7) is 7.96. The maximum absolute atomic E-state index is 12.6. The third kappa shape index (κ3) is 3.09. The van der Waals surface area contributed by atoms with Crippen LogP contribution in [-0.4, -0.2) is 35.5 Å². The van der Waals surface area contributed by atoms with Crippen LogP contribution >= 0.6 is 12.2 Å². The molecule has 2 aromatic rings. The average Bonchev–Trinajstić information content (AvgIpc) is 3.23. The predicted molar refractivity (Wildman–Crippen MR) is 94.8 cm³/mol. The highest BCUT2D eigenvalue weighted by atomic mass is 32.1. The monoisotopic (exact) mass is 344 g/mol. The van der Waals surface area contributed by atoms with Crippen LogP contribution in [0.5, 0.6) is 0 Å². The first-order valence-electron chi connectivity index (χ1n) is 7.91. The van der Waals surface area contributed by atoms with Crippen LogP contribution in [0, 0.1) is 6.92 Å². The topological polar surface area (TPSA) is 68.0 Å². The predicted octanol–water partition coefficient (Wildman–Crippen LogP) is 1.69. The highest BCUT2D eigenvalue weighted by Gasteiger charge is 2.31. The number of rotatable bonds is 5. The minimum absolute atomic E-state index is 0.132. The Labute approximate surface area is 145 Å². The van der Waals surface area contributed by atoms with Crippen LogP contribution in [0.15, 0.2) is 24.3 Å². The number of hydrogen-bond acceptors (Lipinski definition) is 4. The fraction of sp³-hybridized carbons (Fsp3) is 0.375. The number of thiocarbonyl (C=S) groups is 1. The van der Waals surface area contributed by atoms with Crippen molar-refractivity contribution in [3.8, 4) is 0 Å². The first-order valence-corrected chi connectivity index (χ1v) is 8.32. The number of nitrogens with zero attached hydrogens (tertiary/aromatic N) is 5. The van der Waals surface area contributed by atoms with Crippen molar-refractivity contribution in [2.45, 2.75) is 40.4 Å². The van der Waals surface area contributed by atoms with Crippen molar-refractivity contribution in [3.05, 3.63) is 41.1 Å². The average molecular weight is 344 g/mol. The third-order valence-electron chi connectivity index (χ3n) is 3.92. The molecule has 1 amide bonds. The van der Waals surface area contributed by atoms with E-state index in [1.807, 2.05) is 42.5 Å². The zero-order chi connectivity index (χ0) is 17.3. The van der Waals surface area contributed by atoms with Gasteiger partial charge < -0.3 is 5.32 Å². The summed E-state index contributed by atoms with van der Waals surface area (Å²) in [5.74, 6) is -0.132. The van der Waals surface area contributed by atoms with Crippen LogP contribution in [0.3, 0.4) is 0 Å². The van der Waals surface area contributed by atoms with E-state index >= 15 is 0 Å². The van der Waals surface area contributed by atoms with Gasteiger partial charge in [-0.15, -0.1) is 0 Å². The minimum atomic E-state index is -0.132. The van der Waals surface area contributed by atoms with E-state index in [2.05, 4.69) is 15.5 Å². The molecular weight excluding hydrogens is 324 g/mol. The summed E-state index contributed by atoms with van der Waals surface area (Å²) in [7, 11) is 0. The summed E-state index contributed by atoms with van der Waals surface area (Å²) < 4.78 is 3.67. The van der Waals surface area contributed by atoms with Crippen LogP contribution in [0.4, 0.5) is 0 Å². The fourth-order valence-electron chi connectivity index (χ4n) is 2.55. The number of hydrogen-bond donors (Lipinski definition) is 1. The second-order valence-corrected chi connectivity index (χ2v) is 6.00. The standard InChI is InChI=1S/C16H20N6OS/c1-4-20-8-12(7-17-20)9-22-15(23)14(18-16(22)24)6-13-10-21(5-2)19-11(13)3/h6-8,10H,4-5,9H2,1-3H3,(H,18,24)/b14-6+. The number of aromatic nitrogens is 4. The Kier molecular flexibility index (Phi) is 4.48. The van der Waals surface area contributed by atoms with Gasteiger partial charge in [0.2, 0.25) is 0 Å². The molecule has 7 nitrogen and oxygen atoms in total. The number of nitrogens with one attached hydrogen (secondary N) is 1. The Balaban J connectivity index is 1.80. The Morgan fingerprint density at radius 2 is 2.00 bits per heavy atom. The zero-order valence-electron chi connectivity index (χ0n) is 14.0. The summed E-state index contributed by atoms with van der Waals surface area (Å²) in [5.41, 5.74) is 3.22. The van der Waals surface area contributed by atoms with Gasteiger partial charge in [-0.3, -0.25) is 19.1 Å². The molecule has 0 atom stereocenters. The molecule has 0 bridgehead atoms. The molecule has 3 heterocycles. The summed E-state index contributed by atoms with van der Waals surface area (Å²) >= 11 is 5.31. The van der Waals surface area contributed by atoms with E-state index in [-0.39, 0.29) is 5.91 Å². The van der Waals surface area contributed by atoms with Crippen LogP contribution < -0.4 is 5.32 Å². The fourth-order valence-corrected chi connectivity index (χ4v) is 2.81. The first-order chi connectivity index (χ1) is 11.5. The lowest BCUT2D eigenvalue weighted by Gasteiger charge is -2.12. The van der Waals surface area contributed by atoms with Gasteiger partial charge in [0.25, 0.3) is 5.91 Å². The van der Waals surface area contributed by atoms with Gasteiger partial charge >= 0.3 is 0 Å². The molecule has 24 heavy (non-hydrogen) atoms. The van der Waals surface area contributed by atoms with Gasteiger partial charge in [-0.05, 0) is 39.1 Å². The van der Waals surface area contributed by atoms with E-state index in [0.29, 0.717) is 17.4 Å². The molecule has 1 aliphatic rings. The van der Waals surface area contributed by atoms with Gasteiger partial charge in [0.1, 0.15) is 5.70 Å². The molecule has 0 aromatic carbocycles. The second kappa shape index (κ2) is 6.56. The third-order valence-corrected chi connectivity index (χ3v) is 4.24. The summed E-state index contributed by atoms with van der Waals surface area (Å²) in [5, 5.41) is 12.0.